The fraction of sp³-hybridized carbons (Fsp3) is 0.0417. The molecule has 0 aliphatic heterocycles. The number of rotatable bonds is 6. The van der Waals surface area contributed by atoms with Crippen LogP contribution in [0.5, 0.6) is 11.5 Å². The summed E-state index contributed by atoms with van der Waals surface area (Å²) in [6, 6.07) is 25.4. The van der Waals surface area contributed by atoms with Gasteiger partial charge >= 0.3 is 0 Å². The Bertz CT molecular complexity index is 1170. The van der Waals surface area contributed by atoms with Crippen molar-refractivity contribution < 1.29 is 13.9 Å². The Kier molecular flexibility index (Phi) is 5.66. The maximum absolute atomic E-state index is 12.9. The van der Waals surface area contributed by atoms with E-state index in [2.05, 4.69) is 15.5 Å². The molecule has 0 aliphatic carbocycles. The SMILES string of the molecule is Cc1ccc(/C(=N\NC(=O)c2ccccc2Oc2ccccc2)c2ccccn2)o1. The van der Waals surface area contributed by atoms with E-state index >= 15 is 0 Å². The fourth-order valence-corrected chi connectivity index (χ4v) is 2.83. The summed E-state index contributed by atoms with van der Waals surface area (Å²) in [5, 5.41) is 4.31. The predicted octanol–water partition coefficient (Wildman–Crippen LogP) is 4.96. The number of carbonyl (C=O) groups is 1. The van der Waals surface area contributed by atoms with E-state index in [0.29, 0.717) is 34.2 Å². The quantitative estimate of drug-likeness (QED) is 0.369. The summed E-state index contributed by atoms with van der Waals surface area (Å²) in [5.41, 5.74) is 3.98. The van der Waals surface area contributed by atoms with Gasteiger partial charge in [-0.2, -0.15) is 5.10 Å². The molecule has 0 bridgehead atoms. The van der Waals surface area contributed by atoms with E-state index in [0.717, 1.165) is 5.76 Å². The van der Waals surface area contributed by atoms with Gasteiger partial charge < -0.3 is 9.15 Å². The Morgan fingerprint density at radius 2 is 1.70 bits per heavy atom. The maximum atomic E-state index is 12.9. The molecule has 2 heterocycles. The molecule has 30 heavy (non-hydrogen) atoms. The first-order valence-electron chi connectivity index (χ1n) is 9.39. The molecule has 4 rings (SSSR count). The molecule has 2 aromatic carbocycles. The minimum Gasteiger partial charge on any atom is -0.460 e. The molecular formula is C24H19N3O3. The number of amides is 1. The molecule has 0 atom stereocenters. The molecule has 4 aromatic rings. The molecule has 0 saturated heterocycles. The van der Waals surface area contributed by atoms with Crippen LogP contribution in [-0.2, 0) is 0 Å². The van der Waals surface area contributed by atoms with Crippen LogP contribution in [0, 0.1) is 6.92 Å². The molecule has 1 N–H and O–H groups in total. The topological polar surface area (TPSA) is 76.7 Å². The highest BCUT2D eigenvalue weighted by molar-refractivity contribution is 6.10. The van der Waals surface area contributed by atoms with Crippen molar-refractivity contribution in [3.8, 4) is 11.5 Å². The molecule has 1 amide bonds. The van der Waals surface area contributed by atoms with E-state index < -0.39 is 5.91 Å². The number of hydrogen-bond donors (Lipinski definition) is 1. The van der Waals surface area contributed by atoms with Crippen LogP contribution >= 0.6 is 0 Å². The van der Waals surface area contributed by atoms with Crippen LogP contribution in [0.3, 0.4) is 0 Å². The second-order valence-electron chi connectivity index (χ2n) is 6.44. The van der Waals surface area contributed by atoms with Crippen molar-refractivity contribution in [2.24, 2.45) is 5.10 Å². The summed E-state index contributed by atoms with van der Waals surface area (Å²) in [6.45, 7) is 1.84. The first-order chi connectivity index (χ1) is 14.7. The second kappa shape index (κ2) is 8.87. The van der Waals surface area contributed by atoms with Crippen LogP contribution in [0.25, 0.3) is 0 Å². The summed E-state index contributed by atoms with van der Waals surface area (Å²) in [6.07, 6.45) is 1.66. The first kappa shape index (κ1) is 19.1. The number of ether oxygens (including phenoxy) is 1. The van der Waals surface area contributed by atoms with Crippen LogP contribution in [0.2, 0.25) is 0 Å². The zero-order chi connectivity index (χ0) is 20.8. The van der Waals surface area contributed by atoms with Gasteiger partial charge in [0.05, 0.1) is 11.3 Å². The Morgan fingerprint density at radius 3 is 2.43 bits per heavy atom. The van der Waals surface area contributed by atoms with Gasteiger partial charge in [0, 0.05) is 6.20 Å². The van der Waals surface area contributed by atoms with Gasteiger partial charge in [-0.15, -0.1) is 0 Å². The highest BCUT2D eigenvalue weighted by Gasteiger charge is 2.16. The summed E-state index contributed by atoms with van der Waals surface area (Å²) < 4.78 is 11.6. The third-order valence-electron chi connectivity index (χ3n) is 4.25. The summed E-state index contributed by atoms with van der Waals surface area (Å²) in [5.74, 6) is 1.92. The summed E-state index contributed by atoms with van der Waals surface area (Å²) in [7, 11) is 0. The van der Waals surface area contributed by atoms with Gasteiger partial charge in [0.1, 0.15) is 17.3 Å². The van der Waals surface area contributed by atoms with Crippen LogP contribution in [0.4, 0.5) is 0 Å². The van der Waals surface area contributed by atoms with Gasteiger partial charge in [0.2, 0.25) is 0 Å². The fourth-order valence-electron chi connectivity index (χ4n) is 2.83. The molecule has 148 valence electrons. The molecule has 0 unspecified atom stereocenters. The lowest BCUT2D eigenvalue weighted by molar-refractivity contribution is 0.0952. The predicted molar refractivity (Wildman–Crippen MR) is 114 cm³/mol. The summed E-state index contributed by atoms with van der Waals surface area (Å²) in [4.78, 5) is 17.2. The van der Waals surface area contributed by atoms with E-state index in [1.54, 1.807) is 36.5 Å². The van der Waals surface area contributed by atoms with E-state index in [-0.39, 0.29) is 0 Å². The van der Waals surface area contributed by atoms with Crippen LogP contribution in [0.15, 0.2) is 101 Å². The van der Waals surface area contributed by atoms with Crippen molar-refractivity contribution in [1.29, 1.82) is 0 Å². The van der Waals surface area contributed by atoms with E-state index in [4.69, 9.17) is 9.15 Å². The molecule has 0 saturated carbocycles. The third-order valence-corrected chi connectivity index (χ3v) is 4.25. The van der Waals surface area contributed by atoms with Crippen LogP contribution in [-0.4, -0.2) is 16.6 Å². The number of benzene rings is 2. The zero-order valence-corrected chi connectivity index (χ0v) is 16.3. The van der Waals surface area contributed by atoms with Gasteiger partial charge in [-0.3, -0.25) is 9.78 Å². The molecule has 6 heteroatoms. The number of carbonyl (C=O) groups excluding carboxylic acids is 1. The average molecular weight is 397 g/mol. The van der Waals surface area contributed by atoms with Crippen molar-refractivity contribution >= 4 is 11.6 Å². The Labute approximate surface area is 173 Å². The van der Waals surface area contributed by atoms with Crippen molar-refractivity contribution in [3.05, 3.63) is 114 Å². The lowest BCUT2D eigenvalue weighted by atomic mass is 10.2. The number of furan rings is 1. The van der Waals surface area contributed by atoms with Gasteiger partial charge in [0.15, 0.2) is 11.5 Å². The monoisotopic (exact) mass is 397 g/mol. The minimum absolute atomic E-state index is 0.362. The van der Waals surface area contributed by atoms with Gasteiger partial charge in [-0.1, -0.05) is 36.4 Å². The van der Waals surface area contributed by atoms with Crippen molar-refractivity contribution in [2.75, 3.05) is 0 Å². The van der Waals surface area contributed by atoms with Gasteiger partial charge in [-0.25, -0.2) is 5.43 Å². The number of nitrogens with one attached hydrogen (secondary N) is 1. The standard InChI is InChI=1S/C24H19N3O3/c1-17-14-15-22(29-17)23(20-12-7-8-16-25-20)26-27-24(28)19-11-5-6-13-21(19)30-18-9-3-2-4-10-18/h2-16H,1H3,(H,27,28)/b26-23-. The van der Waals surface area contributed by atoms with E-state index in [1.165, 1.54) is 0 Å². The molecule has 0 radical (unpaired) electrons. The zero-order valence-electron chi connectivity index (χ0n) is 16.3. The normalized spacial score (nSPS) is 11.2. The van der Waals surface area contributed by atoms with Crippen molar-refractivity contribution in [3.63, 3.8) is 0 Å². The van der Waals surface area contributed by atoms with Gasteiger partial charge in [-0.05, 0) is 55.5 Å². The van der Waals surface area contributed by atoms with Crippen molar-refractivity contribution in [1.82, 2.24) is 10.4 Å². The molecule has 0 fully saturated rings. The first-order valence-corrected chi connectivity index (χ1v) is 9.39. The minimum atomic E-state index is -0.404. The Hall–Kier alpha value is -4.19. The Balaban J connectivity index is 1.62. The smallest absolute Gasteiger partial charge is 0.275 e. The number of hydrogen-bond acceptors (Lipinski definition) is 5. The number of nitrogens with zero attached hydrogens (tertiary/aromatic N) is 2. The largest absolute Gasteiger partial charge is 0.460 e. The number of pyridine rings is 1. The second-order valence-corrected chi connectivity index (χ2v) is 6.44. The van der Waals surface area contributed by atoms with E-state index in [9.17, 15) is 4.79 Å². The lowest BCUT2D eigenvalue weighted by Gasteiger charge is -2.10. The molecule has 0 aliphatic rings. The van der Waals surface area contributed by atoms with E-state index in [1.807, 2.05) is 61.5 Å². The number of aryl methyl sites for hydroxylation is 1. The van der Waals surface area contributed by atoms with Gasteiger partial charge in [0.25, 0.3) is 5.91 Å². The lowest BCUT2D eigenvalue weighted by Crippen LogP contribution is -2.21. The molecular weight excluding hydrogens is 378 g/mol. The highest BCUT2D eigenvalue weighted by atomic mass is 16.5. The molecule has 0 spiro atoms. The Morgan fingerprint density at radius 1 is 0.933 bits per heavy atom. The average Bonchev–Trinajstić information content (AvgIpc) is 3.21. The maximum Gasteiger partial charge on any atom is 0.275 e. The number of para-hydroxylation sites is 2. The molecule has 6 nitrogen and oxygen atoms in total. The highest BCUT2D eigenvalue weighted by Crippen LogP contribution is 2.25. The van der Waals surface area contributed by atoms with Crippen LogP contribution < -0.4 is 10.2 Å². The summed E-state index contributed by atoms with van der Waals surface area (Å²) >= 11 is 0. The van der Waals surface area contributed by atoms with Crippen molar-refractivity contribution in [2.45, 2.75) is 6.92 Å². The van der Waals surface area contributed by atoms with Crippen LogP contribution in [0.1, 0.15) is 27.6 Å². The number of hydrazone groups is 1. The molecule has 2 aromatic heterocycles. The third kappa shape index (κ3) is 4.44. The number of aromatic nitrogens is 1.